The number of hydrogen-bond acceptors (Lipinski definition) is 4. The van der Waals surface area contributed by atoms with E-state index in [9.17, 15) is 24.3 Å². The van der Waals surface area contributed by atoms with Crippen LogP contribution in [0.1, 0.15) is 20.7 Å². The van der Waals surface area contributed by atoms with E-state index in [0.29, 0.717) is 16.6 Å². The first kappa shape index (κ1) is 24.3. The van der Waals surface area contributed by atoms with Gasteiger partial charge in [0.2, 0.25) is 5.91 Å². The number of benzene rings is 4. The molecular weight excluding hydrogens is 484 g/mol. The minimum Gasteiger partial charge on any atom is -0.478 e. The molecule has 1 aromatic heterocycles. The van der Waals surface area contributed by atoms with Gasteiger partial charge in [-0.25, -0.2) is 9.59 Å². The van der Waals surface area contributed by atoms with E-state index in [2.05, 4.69) is 16.0 Å². The van der Waals surface area contributed by atoms with Crippen LogP contribution in [0.4, 0.5) is 16.2 Å². The Morgan fingerprint density at radius 2 is 1.21 bits per heavy atom. The van der Waals surface area contributed by atoms with Crippen LogP contribution >= 0.6 is 0 Å². The quantitative estimate of drug-likeness (QED) is 0.259. The summed E-state index contributed by atoms with van der Waals surface area (Å²) in [6.07, 6.45) is 0. The van der Waals surface area contributed by atoms with Crippen molar-refractivity contribution in [3.8, 4) is 0 Å². The zero-order valence-electron chi connectivity index (χ0n) is 20.0. The molecule has 0 aliphatic rings. The number of hydrogen-bond donors (Lipinski definition) is 4. The summed E-state index contributed by atoms with van der Waals surface area (Å²) in [7, 11) is 0. The Bertz CT molecular complexity index is 1660. The van der Waals surface area contributed by atoms with Crippen molar-refractivity contribution in [3.05, 3.63) is 108 Å². The number of nitrogens with zero attached hydrogens (tertiary/aromatic N) is 1. The molecule has 38 heavy (non-hydrogen) atoms. The summed E-state index contributed by atoms with van der Waals surface area (Å²) in [5.41, 5.74) is 2.00. The Morgan fingerprint density at radius 3 is 1.82 bits per heavy atom. The number of amides is 3. The Kier molecular flexibility index (Phi) is 6.56. The first-order valence-corrected chi connectivity index (χ1v) is 11.7. The van der Waals surface area contributed by atoms with E-state index in [4.69, 9.17) is 0 Å². The molecule has 5 aromatic rings. The maximum Gasteiger partial charge on any atom is 0.335 e. The van der Waals surface area contributed by atoms with Crippen LogP contribution in [0.25, 0.3) is 21.8 Å². The van der Waals surface area contributed by atoms with Gasteiger partial charge in [-0.05, 0) is 42.5 Å². The number of carbonyl (C=O) groups is 4. The second-order valence-electron chi connectivity index (χ2n) is 8.50. The highest BCUT2D eigenvalue weighted by Crippen LogP contribution is 2.29. The summed E-state index contributed by atoms with van der Waals surface area (Å²) < 4.78 is 1.52. The maximum absolute atomic E-state index is 13.4. The predicted octanol–water partition coefficient (Wildman–Crippen LogP) is 4.94. The molecule has 0 bridgehead atoms. The molecule has 1 heterocycles. The third-order valence-electron chi connectivity index (χ3n) is 5.94. The Hall–Kier alpha value is -5.44. The van der Waals surface area contributed by atoms with Gasteiger partial charge < -0.3 is 21.1 Å². The molecule has 0 saturated heterocycles. The monoisotopic (exact) mass is 506 g/mol. The van der Waals surface area contributed by atoms with Gasteiger partial charge in [-0.3, -0.25) is 14.2 Å². The van der Waals surface area contributed by atoms with E-state index in [0.717, 1.165) is 10.8 Å². The first-order chi connectivity index (χ1) is 18.4. The largest absolute Gasteiger partial charge is 0.478 e. The van der Waals surface area contributed by atoms with Gasteiger partial charge in [0.1, 0.15) is 0 Å². The normalized spacial score (nSPS) is 10.7. The van der Waals surface area contributed by atoms with Crippen molar-refractivity contribution in [2.75, 3.05) is 17.2 Å². The average Bonchev–Trinajstić information content (AvgIpc) is 3.26. The van der Waals surface area contributed by atoms with Crippen LogP contribution in [0.2, 0.25) is 0 Å². The van der Waals surface area contributed by atoms with E-state index in [-0.39, 0.29) is 23.5 Å². The Balaban J connectivity index is 1.37. The summed E-state index contributed by atoms with van der Waals surface area (Å²) in [4.78, 5) is 49.8. The number of carbonyl (C=O) groups excluding carboxylic acids is 3. The summed E-state index contributed by atoms with van der Waals surface area (Å²) in [5.74, 6) is -2.21. The average molecular weight is 507 g/mol. The van der Waals surface area contributed by atoms with E-state index in [1.54, 1.807) is 30.3 Å². The SMILES string of the molecule is O=C(CNC(=O)c1ccccc1)Nc1cc(NC(=O)n2c3ccccc3c3ccccc32)cc(C(=O)O)c1. The number of fused-ring (bicyclic) bond motifs is 3. The fraction of sp³-hybridized carbons (Fsp3) is 0.0345. The fourth-order valence-electron chi connectivity index (χ4n) is 4.27. The minimum absolute atomic E-state index is 0.131. The summed E-state index contributed by atoms with van der Waals surface area (Å²) in [6.45, 7) is -0.325. The van der Waals surface area contributed by atoms with Crippen LogP contribution in [0.5, 0.6) is 0 Å². The number of carboxylic acid groups (broad SMARTS) is 1. The molecule has 5 rings (SSSR count). The lowest BCUT2D eigenvalue weighted by atomic mass is 10.1. The molecule has 3 amide bonds. The second-order valence-corrected chi connectivity index (χ2v) is 8.50. The fourth-order valence-corrected chi connectivity index (χ4v) is 4.27. The van der Waals surface area contributed by atoms with Gasteiger partial charge in [0.25, 0.3) is 5.91 Å². The van der Waals surface area contributed by atoms with Crippen LogP contribution in [0.3, 0.4) is 0 Å². The molecule has 0 aliphatic carbocycles. The van der Waals surface area contributed by atoms with Gasteiger partial charge in [-0.2, -0.15) is 0 Å². The van der Waals surface area contributed by atoms with Gasteiger partial charge in [0.15, 0.2) is 0 Å². The lowest BCUT2D eigenvalue weighted by molar-refractivity contribution is -0.115. The van der Waals surface area contributed by atoms with E-state index in [1.807, 2.05) is 48.5 Å². The number of carboxylic acids is 1. The van der Waals surface area contributed by atoms with Crippen molar-refractivity contribution in [3.63, 3.8) is 0 Å². The molecule has 0 unspecified atom stereocenters. The summed E-state index contributed by atoms with van der Waals surface area (Å²) in [6, 6.07) is 27.0. The number of aromatic nitrogens is 1. The first-order valence-electron chi connectivity index (χ1n) is 11.7. The molecule has 4 aromatic carbocycles. The highest BCUT2D eigenvalue weighted by atomic mass is 16.4. The van der Waals surface area contributed by atoms with Crippen LogP contribution in [-0.4, -0.2) is 40.0 Å². The third kappa shape index (κ3) is 4.93. The highest BCUT2D eigenvalue weighted by molar-refractivity contribution is 6.15. The Labute approximate surface area is 216 Å². The zero-order chi connectivity index (χ0) is 26.6. The van der Waals surface area contributed by atoms with Crippen LogP contribution in [0, 0.1) is 0 Å². The lowest BCUT2D eigenvalue weighted by Crippen LogP contribution is -2.32. The molecule has 0 atom stereocenters. The number of para-hydroxylation sites is 2. The van der Waals surface area contributed by atoms with Crippen molar-refractivity contribution >= 4 is 57.0 Å². The van der Waals surface area contributed by atoms with Crippen molar-refractivity contribution in [2.45, 2.75) is 0 Å². The molecule has 0 fully saturated rings. The van der Waals surface area contributed by atoms with Gasteiger partial charge in [0.05, 0.1) is 23.1 Å². The predicted molar refractivity (Wildman–Crippen MR) is 145 cm³/mol. The molecule has 188 valence electrons. The Morgan fingerprint density at radius 1 is 0.658 bits per heavy atom. The minimum atomic E-state index is -1.23. The topological polar surface area (TPSA) is 130 Å². The van der Waals surface area contributed by atoms with E-state index < -0.39 is 23.8 Å². The van der Waals surface area contributed by atoms with Crippen molar-refractivity contribution in [2.24, 2.45) is 0 Å². The summed E-state index contributed by atoms with van der Waals surface area (Å²) >= 11 is 0. The number of aromatic carboxylic acids is 1. The number of nitrogens with one attached hydrogen (secondary N) is 3. The number of rotatable bonds is 6. The maximum atomic E-state index is 13.4. The zero-order valence-corrected chi connectivity index (χ0v) is 20.0. The van der Waals surface area contributed by atoms with E-state index >= 15 is 0 Å². The summed E-state index contributed by atoms with van der Waals surface area (Å²) in [5, 5.41) is 19.2. The smallest absolute Gasteiger partial charge is 0.335 e. The van der Waals surface area contributed by atoms with Crippen LogP contribution in [0.15, 0.2) is 97.1 Å². The van der Waals surface area contributed by atoms with Gasteiger partial charge in [0, 0.05) is 27.7 Å². The van der Waals surface area contributed by atoms with Gasteiger partial charge >= 0.3 is 12.0 Å². The molecule has 0 aliphatic heterocycles. The number of anilines is 2. The lowest BCUT2D eigenvalue weighted by Gasteiger charge is -2.12. The van der Waals surface area contributed by atoms with Crippen molar-refractivity contribution in [1.82, 2.24) is 9.88 Å². The molecule has 4 N–H and O–H groups in total. The second kappa shape index (κ2) is 10.3. The van der Waals surface area contributed by atoms with E-state index in [1.165, 1.54) is 22.8 Å². The van der Waals surface area contributed by atoms with Gasteiger partial charge in [-0.1, -0.05) is 54.6 Å². The van der Waals surface area contributed by atoms with Gasteiger partial charge in [-0.15, -0.1) is 0 Å². The molecule has 9 heteroatoms. The van der Waals surface area contributed by atoms with Crippen LogP contribution in [-0.2, 0) is 4.79 Å². The third-order valence-corrected chi connectivity index (χ3v) is 5.94. The molecule has 9 nitrogen and oxygen atoms in total. The molecule has 0 spiro atoms. The molecular formula is C29H22N4O5. The van der Waals surface area contributed by atoms with Crippen molar-refractivity contribution in [1.29, 1.82) is 0 Å². The van der Waals surface area contributed by atoms with Crippen LogP contribution < -0.4 is 16.0 Å². The molecule has 0 saturated carbocycles. The molecule has 0 radical (unpaired) electrons. The standard InChI is InChI=1S/C29H22N4O5/c34-26(17-30-27(35)18-8-2-1-3-9-18)31-20-14-19(28(36)37)15-21(16-20)32-29(38)33-24-12-6-4-10-22(24)23-11-5-7-13-25(23)33/h1-16H,17H2,(H,30,35)(H,31,34)(H,32,38)(H,36,37). The van der Waals surface area contributed by atoms with Crippen molar-refractivity contribution < 1.29 is 24.3 Å². The highest BCUT2D eigenvalue weighted by Gasteiger charge is 2.17.